The zero-order chi connectivity index (χ0) is 25.5. The van der Waals surface area contributed by atoms with Gasteiger partial charge >= 0.3 is 6.16 Å². The van der Waals surface area contributed by atoms with Gasteiger partial charge in [0.25, 0.3) is 0 Å². The molecule has 0 aliphatic carbocycles. The van der Waals surface area contributed by atoms with Crippen LogP contribution < -0.4 is 14.2 Å². The minimum atomic E-state index is -1.43. The highest BCUT2D eigenvalue weighted by Gasteiger charge is 2.36. The quantitative estimate of drug-likeness (QED) is 0.378. The molecule has 0 radical (unpaired) electrons. The van der Waals surface area contributed by atoms with E-state index in [2.05, 4.69) is 0 Å². The number of aromatic hydroxyl groups is 1. The van der Waals surface area contributed by atoms with Crippen molar-refractivity contribution in [1.82, 2.24) is 0 Å². The summed E-state index contributed by atoms with van der Waals surface area (Å²) in [6.45, 7) is 18.1. The number of rotatable bonds is 4. The van der Waals surface area contributed by atoms with Crippen molar-refractivity contribution in [2.24, 2.45) is 0 Å². The minimum absolute atomic E-state index is 0.0453. The van der Waals surface area contributed by atoms with Crippen LogP contribution in [-0.2, 0) is 16.2 Å². The Morgan fingerprint density at radius 1 is 0.758 bits per heavy atom. The largest absolute Gasteiger partial charge is 0.511 e. The SMILES string of the molecule is COc1cc(-c2cc(OC)c(C(C)(C)C)c(C(C)(C)C)c2OC(=O)O)c(O)c(C(C)(C)C)c1. The molecular formula is C27H38O6. The first-order valence-corrected chi connectivity index (χ1v) is 11.0. The van der Waals surface area contributed by atoms with E-state index in [1.54, 1.807) is 32.4 Å². The molecule has 33 heavy (non-hydrogen) atoms. The van der Waals surface area contributed by atoms with E-state index in [-0.39, 0.29) is 22.3 Å². The molecule has 0 unspecified atom stereocenters. The molecule has 182 valence electrons. The van der Waals surface area contributed by atoms with Crippen LogP contribution in [0.5, 0.6) is 23.0 Å². The lowest BCUT2D eigenvalue weighted by molar-refractivity contribution is 0.143. The summed E-state index contributed by atoms with van der Waals surface area (Å²) >= 11 is 0. The third-order valence-corrected chi connectivity index (χ3v) is 5.57. The zero-order valence-corrected chi connectivity index (χ0v) is 21.8. The summed E-state index contributed by atoms with van der Waals surface area (Å²) in [4.78, 5) is 11.8. The number of hydrogen-bond acceptors (Lipinski definition) is 5. The van der Waals surface area contributed by atoms with Gasteiger partial charge in [-0.15, -0.1) is 0 Å². The average Bonchev–Trinajstić information content (AvgIpc) is 2.64. The van der Waals surface area contributed by atoms with E-state index in [0.29, 0.717) is 33.8 Å². The second-order valence-corrected chi connectivity index (χ2v) is 11.4. The summed E-state index contributed by atoms with van der Waals surface area (Å²) in [5.74, 6) is 1.37. The van der Waals surface area contributed by atoms with Crippen molar-refractivity contribution in [3.63, 3.8) is 0 Å². The molecule has 0 aliphatic heterocycles. The molecule has 2 aromatic carbocycles. The predicted octanol–water partition coefficient (Wildman–Crippen LogP) is 7.03. The lowest BCUT2D eigenvalue weighted by atomic mass is 9.72. The van der Waals surface area contributed by atoms with Crippen molar-refractivity contribution in [3.05, 3.63) is 34.9 Å². The fraction of sp³-hybridized carbons (Fsp3) is 0.519. The number of ether oxygens (including phenoxy) is 3. The normalized spacial score (nSPS) is 12.5. The van der Waals surface area contributed by atoms with E-state index >= 15 is 0 Å². The van der Waals surface area contributed by atoms with Crippen LogP contribution in [0.15, 0.2) is 18.2 Å². The molecule has 2 rings (SSSR count). The van der Waals surface area contributed by atoms with Crippen LogP contribution in [0, 0.1) is 0 Å². The first kappa shape index (κ1) is 26.4. The summed E-state index contributed by atoms with van der Waals surface area (Å²) in [6.07, 6.45) is -1.43. The van der Waals surface area contributed by atoms with Gasteiger partial charge in [0.15, 0.2) is 0 Å². The molecule has 0 saturated carbocycles. The zero-order valence-electron chi connectivity index (χ0n) is 21.8. The second-order valence-electron chi connectivity index (χ2n) is 11.4. The maximum atomic E-state index is 11.8. The van der Waals surface area contributed by atoms with E-state index in [4.69, 9.17) is 14.2 Å². The summed E-state index contributed by atoms with van der Waals surface area (Å²) in [6, 6.07) is 5.23. The van der Waals surface area contributed by atoms with Crippen LogP contribution in [0.4, 0.5) is 4.79 Å². The van der Waals surface area contributed by atoms with Gasteiger partial charge in [-0.2, -0.15) is 0 Å². The van der Waals surface area contributed by atoms with Crippen LogP contribution in [0.1, 0.15) is 79.0 Å². The molecule has 2 N–H and O–H groups in total. The molecular weight excluding hydrogens is 420 g/mol. The van der Waals surface area contributed by atoms with Crippen LogP contribution in [0.2, 0.25) is 0 Å². The Balaban J connectivity index is 3.18. The fourth-order valence-electron chi connectivity index (χ4n) is 4.16. The third-order valence-electron chi connectivity index (χ3n) is 5.57. The number of hydrogen-bond donors (Lipinski definition) is 2. The minimum Gasteiger partial charge on any atom is -0.507 e. The van der Waals surface area contributed by atoms with E-state index in [1.807, 2.05) is 62.3 Å². The number of phenolic OH excluding ortho intramolecular Hbond substituents is 1. The lowest BCUT2D eigenvalue weighted by Gasteiger charge is -2.34. The Morgan fingerprint density at radius 2 is 1.30 bits per heavy atom. The monoisotopic (exact) mass is 458 g/mol. The van der Waals surface area contributed by atoms with Crippen molar-refractivity contribution in [2.75, 3.05) is 14.2 Å². The summed E-state index contributed by atoms with van der Waals surface area (Å²) in [5.41, 5.74) is 1.85. The van der Waals surface area contributed by atoms with Crippen molar-refractivity contribution >= 4 is 6.16 Å². The summed E-state index contributed by atoms with van der Waals surface area (Å²) in [7, 11) is 3.14. The fourth-order valence-corrected chi connectivity index (χ4v) is 4.16. The van der Waals surface area contributed by atoms with Gasteiger partial charge in [-0.25, -0.2) is 4.79 Å². The molecule has 0 spiro atoms. The van der Waals surface area contributed by atoms with Gasteiger partial charge in [0.05, 0.1) is 14.2 Å². The van der Waals surface area contributed by atoms with Gasteiger partial charge in [-0.3, -0.25) is 0 Å². The molecule has 6 nitrogen and oxygen atoms in total. The Kier molecular flexibility index (Phi) is 7.03. The van der Waals surface area contributed by atoms with Gasteiger partial charge in [-0.05, 0) is 34.4 Å². The highest BCUT2D eigenvalue weighted by Crippen LogP contribution is 2.52. The van der Waals surface area contributed by atoms with Gasteiger partial charge in [-0.1, -0.05) is 62.3 Å². The number of carbonyl (C=O) groups is 1. The Bertz CT molecular complexity index is 1050. The van der Waals surface area contributed by atoms with Crippen LogP contribution >= 0.6 is 0 Å². The maximum Gasteiger partial charge on any atom is 0.511 e. The Morgan fingerprint density at radius 3 is 1.70 bits per heavy atom. The highest BCUT2D eigenvalue weighted by molar-refractivity contribution is 5.84. The maximum absolute atomic E-state index is 11.8. The van der Waals surface area contributed by atoms with Crippen LogP contribution in [0.3, 0.4) is 0 Å². The molecule has 0 saturated heterocycles. The lowest BCUT2D eigenvalue weighted by Crippen LogP contribution is -2.25. The number of phenols is 1. The average molecular weight is 459 g/mol. The molecule has 0 aliphatic rings. The molecule has 6 heteroatoms. The molecule has 0 bridgehead atoms. The molecule has 0 atom stereocenters. The first-order valence-electron chi connectivity index (χ1n) is 11.0. The molecule has 0 amide bonds. The highest BCUT2D eigenvalue weighted by atomic mass is 16.7. The van der Waals surface area contributed by atoms with Gasteiger partial charge in [0.1, 0.15) is 23.0 Å². The van der Waals surface area contributed by atoms with Crippen LogP contribution in [0.25, 0.3) is 11.1 Å². The number of carboxylic acid groups (broad SMARTS) is 1. The number of benzene rings is 2. The van der Waals surface area contributed by atoms with Gasteiger partial charge in [0, 0.05) is 27.8 Å². The second kappa shape index (κ2) is 8.81. The number of methoxy groups -OCH3 is 2. The van der Waals surface area contributed by atoms with Gasteiger partial charge in [0.2, 0.25) is 0 Å². The van der Waals surface area contributed by atoms with E-state index in [9.17, 15) is 15.0 Å². The molecule has 0 heterocycles. The van der Waals surface area contributed by atoms with Crippen molar-refractivity contribution in [2.45, 2.75) is 78.6 Å². The third kappa shape index (κ3) is 5.37. The summed E-state index contributed by atoms with van der Waals surface area (Å²) < 4.78 is 16.8. The topological polar surface area (TPSA) is 85.2 Å². The standard InChI is InChI=1S/C27H38O6/c1-25(2,3)18-13-15(31-10)12-16(22(18)28)17-14-19(32-11)20(26(4,5)6)21(27(7,8)9)23(17)33-24(29)30/h12-14,28H,1-11H3,(H,29,30). The smallest absolute Gasteiger partial charge is 0.507 e. The van der Waals surface area contributed by atoms with Crippen molar-refractivity contribution < 1.29 is 29.2 Å². The Labute approximate surface area is 197 Å². The van der Waals surface area contributed by atoms with E-state index < -0.39 is 11.6 Å². The Hall–Kier alpha value is -2.89. The van der Waals surface area contributed by atoms with E-state index in [1.165, 1.54) is 0 Å². The van der Waals surface area contributed by atoms with E-state index in [0.717, 1.165) is 5.56 Å². The van der Waals surface area contributed by atoms with Gasteiger partial charge < -0.3 is 24.4 Å². The predicted molar refractivity (Wildman–Crippen MR) is 131 cm³/mol. The molecule has 2 aromatic rings. The van der Waals surface area contributed by atoms with Crippen LogP contribution in [-0.4, -0.2) is 30.6 Å². The van der Waals surface area contributed by atoms with Crippen molar-refractivity contribution in [3.8, 4) is 34.1 Å². The van der Waals surface area contributed by atoms with Crippen molar-refractivity contribution in [1.29, 1.82) is 0 Å². The summed E-state index contributed by atoms with van der Waals surface area (Å²) in [5, 5.41) is 21.0. The molecule has 0 fully saturated rings. The first-order chi connectivity index (χ1) is 14.9. The molecule has 0 aromatic heterocycles.